The van der Waals surface area contributed by atoms with E-state index in [1.54, 1.807) is 31.3 Å². The fourth-order valence-corrected chi connectivity index (χ4v) is 3.84. The normalized spacial score (nSPS) is 19.3. The molecule has 164 valence electrons. The predicted molar refractivity (Wildman–Crippen MR) is 106 cm³/mol. The minimum atomic E-state index is -4.57. The number of amides is 1. The zero-order valence-electron chi connectivity index (χ0n) is 16.6. The van der Waals surface area contributed by atoms with Crippen molar-refractivity contribution in [3.63, 3.8) is 0 Å². The predicted octanol–water partition coefficient (Wildman–Crippen LogP) is 3.35. The fraction of sp³-hybridized carbons (Fsp3) is 0.238. The summed E-state index contributed by atoms with van der Waals surface area (Å²) >= 11 is 0. The third kappa shape index (κ3) is 3.12. The first-order chi connectivity index (χ1) is 15.2. The number of halogens is 3. The highest BCUT2D eigenvalue weighted by molar-refractivity contribution is 5.88. The maximum absolute atomic E-state index is 13.5. The van der Waals surface area contributed by atoms with Crippen LogP contribution < -0.4 is 0 Å². The molecule has 1 aliphatic heterocycles. The lowest BCUT2D eigenvalue weighted by Crippen LogP contribution is -2.35. The number of nitrogens with zero attached hydrogens (tertiary/aromatic N) is 4. The van der Waals surface area contributed by atoms with Crippen LogP contribution >= 0.6 is 0 Å². The molecule has 0 radical (unpaired) electrons. The smallest absolute Gasteiger partial charge is 0.373 e. The van der Waals surface area contributed by atoms with Crippen LogP contribution in [0.15, 0.2) is 47.1 Å². The van der Waals surface area contributed by atoms with Crippen LogP contribution in [0.2, 0.25) is 0 Å². The van der Waals surface area contributed by atoms with Crippen molar-refractivity contribution in [2.75, 3.05) is 13.6 Å². The van der Waals surface area contributed by atoms with E-state index in [9.17, 15) is 23.1 Å². The molecular weight excluding hydrogens is 427 g/mol. The van der Waals surface area contributed by atoms with Gasteiger partial charge in [0, 0.05) is 37.2 Å². The second-order valence-electron chi connectivity index (χ2n) is 7.68. The monoisotopic (exact) mass is 443 g/mol. The lowest BCUT2D eigenvalue weighted by molar-refractivity contribution is -0.144. The molecule has 2 N–H and O–H groups in total. The van der Waals surface area contributed by atoms with Crippen LogP contribution in [0.3, 0.4) is 0 Å². The molecule has 0 unspecified atom stereocenters. The summed E-state index contributed by atoms with van der Waals surface area (Å²) in [5, 5.41) is 20.7. The maximum Gasteiger partial charge on any atom is 0.417 e. The number of alkyl halides is 3. The summed E-state index contributed by atoms with van der Waals surface area (Å²) in [6.07, 6.45) is -3.31. The SMILES string of the molecule is CN1CC[C@@](O)(c2cc(-c3cccc(-c4cc(C(F)(F)F)c5cn[nH]c5n4)c3)no2)C1=O. The molecule has 5 rings (SSSR count). The van der Waals surface area contributed by atoms with E-state index >= 15 is 0 Å². The number of pyridine rings is 1. The number of benzene rings is 1. The molecule has 1 atom stereocenters. The molecule has 1 aromatic carbocycles. The first kappa shape index (κ1) is 20.2. The maximum atomic E-state index is 13.5. The van der Waals surface area contributed by atoms with Gasteiger partial charge >= 0.3 is 6.18 Å². The average molecular weight is 443 g/mol. The van der Waals surface area contributed by atoms with Crippen molar-refractivity contribution in [1.29, 1.82) is 0 Å². The van der Waals surface area contributed by atoms with Gasteiger partial charge < -0.3 is 14.5 Å². The van der Waals surface area contributed by atoms with Crippen molar-refractivity contribution in [3.8, 4) is 22.5 Å². The highest BCUT2D eigenvalue weighted by atomic mass is 19.4. The second kappa shape index (κ2) is 6.89. The van der Waals surface area contributed by atoms with Gasteiger partial charge in [0.15, 0.2) is 11.4 Å². The largest absolute Gasteiger partial charge is 0.417 e. The molecule has 0 saturated carbocycles. The van der Waals surface area contributed by atoms with E-state index < -0.39 is 23.2 Å². The number of hydrogen-bond donors (Lipinski definition) is 2. The Labute approximate surface area is 178 Å². The summed E-state index contributed by atoms with van der Waals surface area (Å²) in [5.41, 5.74) is -1.22. The van der Waals surface area contributed by atoms with Gasteiger partial charge in [0.1, 0.15) is 5.69 Å². The molecule has 0 spiro atoms. The topological polar surface area (TPSA) is 108 Å². The Kier molecular flexibility index (Phi) is 4.35. The number of H-pyrrole nitrogens is 1. The number of aliphatic hydroxyl groups is 1. The zero-order chi connectivity index (χ0) is 22.7. The first-order valence-electron chi connectivity index (χ1n) is 9.64. The van der Waals surface area contributed by atoms with Crippen LogP contribution in [0.4, 0.5) is 13.2 Å². The number of likely N-dealkylation sites (N-methyl/N-ethyl adjacent to an activating group) is 1. The third-order valence-corrected chi connectivity index (χ3v) is 5.61. The van der Waals surface area contributed by atoms with E-state index in [2.05, 4.69) is 20.3 Å². The Balaban J connectivity index is 1.55. The summed E-state index contributed by atoms with van der Waals surface area (Å²) in [4.78, 5) is 18.0. The molecule has 0 aliphatic carbocycles. The van der Waals surface area contributed by atoms with Gasteiger partial charge in [-0.15, -0.1) is 0 Å². The molecule has 8 nitrogen and oxygen atoms in total. The van der Waals surface area contributed by atoms with Crippen LogP contribution in [0.5, 0.6) is 0 Å². The van der Waals surface area contributed by atoms with Crippen LogP contribution in [0.25, 0.3) is 33.5 Å². The highest BCUT2D eigenvalue weighted by Crippen LogP contribution is 2.38. The van der Waals surface area contributed by atoms with Gasteiger partial charge in [-0.2, -0.15) is 18.3 Å². The summed E-state index contributed by atoms with van der Waals surface area (Å²) in [7, 11) is 1.58. The minimum Gasteiger partial charge on any atom is -0.373 e. The number of aromatic nitrogens is 4. The summed E-state index contributed by atoms with van der Waals surface area (Å²) in [6.45, 7) is 0.379. The Morgan fingerprint density at radius 1 is 1.19 bits per heavy atom. The molecule has 4 aromatic rings. The number of hydrogen-bond acceptors (Lipinski definition) is 6. The third-order valence-electron chi connectivity index (χ3n) is 5.61. The van der Waals surface area contributed by atoms with E-state index in [0.717, 1.165) is 12.3 Å². The lowest BCUT2D eigenvalue weighted by Gasteiger charge is -2.16. The van der Waals surface area contributed by atoms with Crippen LogP contribution in [0, 0.1) is 0 Å². The Bertz CT molecular complexity index is 1350. The fourth-order valence-electron chi connectivity index (χ4n) is 3.84. The summed E-state index contributed by atoms with van der Waals surface area (Å²) < 4.78 is 45.9. The van der Waals surface area contributed by atoms with Crippen molar-refractivity contribution in [3.05, 3.63) is 53.9 Å². The molecular formula is C21H16F3N5O3. The molecule has 32 heavy (non-hydrogen) atoms. The summed E-state index contributed by atoms with van der Waals surface area (Å²) in [6, 6.07) is 9.01. The van der Waals surface area contributed by atoms with Crippen LogP contribution in [0.1, 0.15) is 17.7 Å². The number of carbonyl (C=O) groups excluding carboxylic acids is 1. The van der Waals surface area contributed by atoms with E-state index in [1.165, 1.54) is 11.0 Å². The van der Waals surface area contributed by atoms with E-state index in [0.29, 0.717) is 23.4 Å². The van der Waals surface area contributed by atoms with Crippen molar-refractivity contribution in [1.82, 2.24) is 25.2 Å². The van der Waals surface area contributed by atoms with E-state index in [1.807, 2.05) is 0 Å². The number of likely N-dealkylation sites (tertiary alicyclic amines) is 1. The van der Waals surface area contributed by atoms with Gasteiger partial charge in [-0.25, -0.2) is 4.98 Å². The molecule has 0 bridgehead atoms. The standard InChI is InChI=1S/C21H16F3N5O3/c1-29-6-5-20(31,19(29)30)17-9-16(28-32-17)12-4-2-3-11(7-12)15-8-14(21(22,23)24)13-10-25-27-18(13)26-15/h2-4,7-10,31H,5-6H2,1H3,(H,25,26,27)/t20-/m1/s1. The van der Waals surface area contributed by atoms with Crippen LogP contribution in [-0.4, -0.2) is 49.8 Å². The summed E-state index contributed by atoms with van der Waals surface area (Å²) in [5.74, 6) is -0.464. The van der Waals surface area contributed by atoms with Crippen molar-refractivity contribution in [2.24, 2.45) is 0 Å². The van der Waals surface area contributed by atoms with Gasteiger partial charge in [0.25, 0.3) is 5.91 Å². The molecule has 4 heterocycles. The first-order valence-corrected chi connectivity index (χ1v) is 9.64. The highest BCUT2D eigenvalue weighted by Gasteiger charge is 2.48. The molecule has 3 aromatic heterocycles. The second-order valence-corrected chi connectivity index (χ2v) is 7.68. The van der Waals surface area contributed by atoms with Crippen molar-refractivity contribution < 1.29 is 27.6 Å². The molecule has 1 fully saturated rings. The van der Waals surface area contributed by atoms with Crippen LogP contribution in [-0.2, 0) is 16.6 Å². The Morgan fingerprint density at radius 3 is 2.62 bits per heavy atom. The van der Waals surface area contributed by atoms with E-state index in [4.69, 9.17) is 4.52 Å². The minimum absolute atomic E-state index is 0.0172. The molecule has 1 aliphatic rings. The molecule has 1 saturated heterocycles. The zero-order valence-corrected chi connectivity index (χ0v) is 16.6. The van der Waals surface area contributed by atoms with Gasteiger partial charge in [0.2, 0.25) is 5.60 Å². The van der Waals surface area contributed by atoms with Gasteiger partial charge in [0.05, 0.1) is 22.8 Å². The quantitative estimate of drug-likeness (QED) is 0.503. The van der Waals surface area contributed by atoms with Crippen molar-refractivity contribution >= 4 is 16.9 Å². The molecule has 1 amide bonds. The number of carbonyl (C=O) groups is 1. The number of nitrogens with one attached hydrogen (secondary N) is 1. The Morgan fingerprint density at radius 2 is 1.94 bits per heavy atom. The number of rotatable bonds is 3. The number of fused-ring (bicyclic) bond motifs is 1. The lowest BCUT2D eigenvalue weighted by atomic mass is 9.97. The molecule has 11 heteroatoms. The van der Waals surface area contributed by atoms with Crippen molar-refractivity contribution in [2.45, 2.75) is 18.2 Å². The van der Waals surface area contributed by atoms with E-state index in [-0.39, 0.29) is 28.9 Å². The van der Waals surface area contributed by atoms with Gasteiger partial charge in [-0.3, -0.25) is 9.89 Å². The van der Waals surface area contributed by atoms with Gasteiger partial charge in [-0.1, -0.05) is 23.4 Å². The average Bonchev–Trinajstić information content (AvgIpc) is 3.49. The number of aromatic amines is 1. The Hall–Kier alpha value is -3.73. The van der Waals surface area contributed by atoms with Gasteiger partial charge in [-0.05, 0) is 12.1 Å².